The van der Waals surface area contributed by atoms with Crippen molar-refractivity contribution in [2.75, 3.05) is 5.73 Å². The van der Waals surface area contributed by atoms with Crippen LogP contribution in [0.2, 0.25) is 0 Å². The van der Waals surface area contributed by atoms with Crippen molar-refractivity contribution >= 4 is 5.69 Å². The van der Waals surface area contributed by atoms with E-state index >= 15 is 0 Å². The van der Waals surface area contributed by atoms with Crippen LogP contribution in [0.1, 0.15) is 55.7 Å². The summed E-state index contributed by atoms with van der Waals surface area (Å²) in [4.78, 5) is 0. The van der Waals surface area contributed by atoms with E-state index in [2.05, 4.69) is 26.0 Å². The molecule has 1 saturated carbocycles. The van der Waals surface area contributed by atoms with Crippen LogP contribution in [-0.4, -0.2) is 0 Å². The summed E-state index contributed by atoms with van der Waals surface area (Å²) in [6.07, 6.45) is 9.45. The number of hydrogen-bond donors (Lipinski definition) is 1. The van der Waals surface area contributed by atoms with Crippen LogP contribution in [0.5, 0.6) is 0 Å². The zero-order chi connectivity index (χ0) is 12.3. The molecule has 1 aliphatic rings. The first kappa shape index (κ1) is 12.5. The van der Waals surface area contributed by atoms with Crippen molar-refractivity contribution in [2.45, 2.75) is 58.8 Å². The lowest BCUT2D eigenvalue weighted by Gasteiger charge is -2.22. The van der Waals surface area contributed by atoms with Crippen LogP contribution < -0.4 is 5.73 Å². The lowest BCUT2D eigenvalue weighted by atomic mass is 9.84. The van der Waals surface area contributed by atoms with Crippen molar-refractivity contribution in [3.8, 4) is 0 Å². The number of benzene rings is 1. The molecule has 1 aromatic carbocycles. The maximum Gasteiger partial charge on any atom is 0.0376 e. The minimum absolute atomic E-state index is 0.913. The van der Waals surface area contributed by atoms with E-state index in [1.807, 2.05) is 0 Å². The Labute approximate surface area is 105 Å². The number of hydrogen-bond acceptors (Lipinski definition) is 1. The summed E-state index contributed by atoms with van der Waals surface area (Å²) in [7, 11) is 0. The molecule has 1 heteroatoms. The molecule has 2 N–H and O–H groups in total. The number of nitrogen functional groups attached to an aromatic ring is 1. The number of nitrogens with two attached hydrogens (primary N) is 1. The fraction of sp³-hybridized carbons (Fsp3) is 0.625. The molecule has 1 nitrogen and oxygen atoms in total. The van der Waals surface area contributed by atoms with Gasteiger partial charge < -0.3 is 5.73 Å². The van der Waals surface area contributed by atoms with Crippen LogP contribution >= 0.6 is 0 Å². The largest absolute Gasteiger partial charge is 0.398 e. The van der Waals surface area contributed by atoms with Crippen LogP contribution in [0.4, 0.5) is 5.69 Å². The van der Waals surface area contributed by atoms with Crippen LogP contribution in [0, 0.1) is 12.8 Å². The first-order valence-corrected chi connectivity index (χ1v) is 7.08. The average Bonchev–Trinajstić information content (AvgIpc) is 2.35. The summed E-state index contributed by atoms with van der Waals surface area (Å²) in [5, 5.41) is 0. The molecule has 94 valence electrons. The Morgan fingerprint density at radius 1 is 1.18 bits per heavy atom. The summed E-state index contributed by atoms with van der Waals surface area (Å²) in [6.45, 7) is 4.33. The van der Waals surface area contributed by atoms with Crippen molar-refractivity contribution in [2.24, 2.45) is 5.92 Å². The highest BCUT2D eigenvalue weighted by molar-refractivity contribution is 5.55. The predicted molar refractivity (Wildman–Crippen MR) is 75.2 cm³/mol. The number of rotatable bonds is 3. The van der Waals surface area contributed by atoms with Crippen molar-refractivity contribution < 1.29 is 0 Å². The Morgan fingerprint density at radius 3 is 2.53 bits per heavy atom. The Kier molecular flexibility index (Phi) is 4.09. The standard InChI is InChI=1S/C16H25N/c1-3-15-11-14(9-12(2)16(15)17)10-13-7-5-4-6-8-13/h9,11,13H,3-8,10,17H2,1-2H3. The van der Waals surface area contributed by atoms with E-state index in [1.54, 1.807) is 0 Å². The van der Waals surface area contributed by atoms with Crippen LogP contribution in [0.15, 0.2) is 12.1 Å². The van der Waals surface area contributed by atoms with Crippen molar-refractivity contribution in [3.63, 3.8) is 0 Å². The average molecular weight is 231 g/mol. The topological polar surface area (TPSA) is 26.0 Å². The van der Waals surface area contributed by atoms with Gasteiger partial charge in [-0.05, 0) is 42.4 Å². The van der Waals surface area contributed by atoms with E-state index in [-0.39, 0.29) is 0 Å². The quantitative estimate of drug-likeness (QED) is 0.773. The van der Waals surface area contributed by atoms with Gasteiger partial charge in [0.2, 0.25) is 0 Å². The maximum atomic E-state index is 6.10. The van der Waals surface area contributed by atoms with Crippen LogP contribution in [-0.2, 0) is 12.8 Å². The molecule has 0 saturated heterocycles. The molecule has 1 aliphatic carbocycles. The number of anilines is 1. The molecular formula is C16H25N. The van der Waals surface area contributed by atoms with E-state index in [9.17, 15) is 0 Å². The van der Waals surface area contributed by atoms with E-state index in [0.717, 1.165) is 18.0 Å². The van der Waals surface area contributed by atoms with Gasteiger partial charge in [-0.2, -0.15) is 0 Å². The van der Waals surface area contributed by atoms with Gasteiger partial charge in [0.05, 0.1) is 0 Å². The third-order valence-electron chi connectivity index (χ3n) is 4.16. The monoisotopic (exact) mass is 231 g/mol. The summed E-state index contributed by atoms with van der Waals surface area (Å²) in [5.41, 5.74) is 11.2. The Balaban J connectivity index is 2.12. The zero-order valence-corrected chi connectivity index (χ0v) is 11.3. The van der Waals surface area contributed by atoms with Gasteiger partial charge in [-0.15, -0.1) is 0 Å². The summed E-state index contributed by atoms with van der Waals surface area (Å²) in [5.74, 6) is 0.913. The Bertz CT molecular complexity index is 375. The van der Waals surface area contributed by atoms with Gasteiger partial charge in [-0.1, -0.05) is 51.2 Å². The number of aryl methyl sites for hydroxylation is 2. The van der Waals surface area contributed by atoms with Gasteiger partial charge in [-0.3, -0.25) is 0 Å². The van der Waals surface area contributed by atoms with Crippen molar-refractivity contribution in [1.82, 2.24) is 0 Å². The van der Waals surface area contributed by atoms with Gasteiger partial charge in [0.1, 0.15) is 0 Å². The summed E-state index contributed by atoms with van der Waals surface area (Å²) < 4.78 is 0. The molecule has 0 aliphatic heterocycles. The molecule has 0 radical (unpaired) electrons. The molecule has 0 atom stereocenters. The summed E-state index contributed by atoms with van der Waals surface area (Å²) in [6, 6.07) is 4.63. The van der Waals surface area contributed by atoms with Crippen LogP contribution in [0.25, 0.3) is 0 Å². The molecule has 0 spiro atoms. The molecule has 17 heavy (non-hydrogen) atoms. The van der Waals surface area contributed by atoms with Gasteiger partial charge >= 0.3 is 0 Å². The van der Waals surface area contributed by atoms with Crippen molar-refractivity contribution in [3.05, 3.63) is 28.8 Å². The molecule has 1 aromatic rings. The molecule has 0 amide bonds. The van der Waals surface area contributed by atoms with Crippen molar-refractivity contribution in [1.29, 1.82) is 0 Å². The Morgan fingerprint density at radius 2 is 1.88 bits per heavy atom. The fourth-order valence-electron chi connectivity index (χ4n) is 3.09. The predicted octanol–water partition coefficient (Wildman–Crippen LogP) is 4.26. The van der Waals surface area contributed by atoms with E-state index < -0.39 is 0 Å². The van der Waals surface area contributed by atoms with E-state index in [0.29, 0.717) is 0 Å². The molecule has 2 rings (SSSR count). The fourth-order valence-corrected chi connectivity index (χ4v) is 3.09. The first-order chi connectivity index (χ1) is 8.20. The van der Waals surface area contributed by atoms with Gasteiger partial charge in [0.15, 0.2) is 0 Å². The molecule has 0 bridgehead atoms. The molecular weight excluding hydrogens is 206 g/mol. The zero-order valence-electron chi connectivity index (χ0n) is 11.3. The second-order valence-electron chi connectivity index (χ2n) is 5.55. The highest BCUT2D eigenvalue weighted by Gasteiger charge is 2.14. The van der Waals surface area contributed by atoms with E-state index in [4.69, 9.17) is 5.73 Å². The molecule has 0 unspecified atom stereocenters. The minimum Gasteiger partial charge on any atom is -0.398 e. The van der Waals surface area contributed by atoms with Gasteiger partial charge in [-0.25, -0.2) is 0 Å². The van der Waals surface area contributed by atoms with E-state index in [1.165, 1.54) is 55.2 Å². The third kappa shape index (κ3) is 3.02. The minimum atomic E-state index is 0.913. The first-order valence-electron chi connectivity index (χ1n) is 7.08. The summed E-state index contributed by atoms with van der Waals surface area (Å²) >= 11 is 0. The Hall–Kier alpha value is -0.980. The molecule has 1 fully saturated rings. The second kappa shape index (κ2) is 5.57. The lowest BCUT2D eigenvalue weighted by molar-refractivity contribution is 0.356. The normalized spacial score (nSPS) is 17.3. The van der Waals surface area contributed by atoms with Gasteiger partial charge in [0, 0.05) is 5.69 Å². The lowest BCUT2D eigenvalue weighted by Crippen LogP contribution is -2.10. The second-order valence-corrected chi connectivity index (χ2v) is 5.55. The highest BCUT2D eigenvalue weighted by atomic mass is 14.6. The van der Waals surface area contributed by atoms with Crippen LogP contribution in [0.3, 0.4) is 0 Å². The smallest absolute Gasteiger partial charge is 0.0376 e. The van der Waals surface area contributed by atoms with Gasteiger partial charge in [0.25, 0.3) is 0 Å². The molecule has 0 heterocycles. The molecule has 0 aromatic heterocycles. The maximum absolute atomic E-state index is 6.10. The third-order valence-corrected chi connectivity index (χ3v) is 4.16. The SMILES string of the molecule is CCc1cc(CC2CCCCC2)cc(C)c1N. The highest BCUT2D eigenvalue weighted by Crippen LogP contribution is 2.29.